The number of hydrogen-bond acceptors (Lipinski definition) is 5. The maximum atomic E-state index is 11.3. The van der Waals surface area contributed by atoms with Crippen LogP contribution in [0.1, 0.15) is 55.1 Å². The molecule has 1 radical (unpaired) electrons. The molecule has 2 rings (SSSR count). The minimum absolute atomic E-state index is 0.325. The number of carbonyl (C=O) groups excluding carboxylic acids is 1. The van der Waals surface area contributed by atoms with Crippen molar-refractivity contribution in [2.75, 3.05) is 18.0 Å². The largest absolute Gasteiger partial charge is 0.366 e. The Balaban J connectivity index is 2.05. The molecule has 2 heterocycles. The van der Waals surface area contributed by atoms with E-state index in [1.165, 1.54) is 43.2 Å². The summed E-state index contributed by atoms with van der Waals surface area (Å²) in [5.74, 6) is 0.173. The third kappa shape index (κ3) is 6.29. The summed E-state index contributed by atoms with van der Waals surface area (Å²) in [4.78, 5) is 22.0. The van der Waals surface area contributed by atoms with Crippen LogP contribution in [0.5, 0.6) is 0 Å². The van der Waals surface area contributed by atoms with Gasteiger partial charge in [0.2, 0.25) is 5.91 Å². The number of hydrogen-bond donors (Lipinski definition) is 1. The summed E-state index contributed by atoms with van der Waals surface area (Å²) in [6, 6.07) is 1.59. The predicted octanol–water partition coefficient (Wildman–Crippen LogP) is 4.11. The van der Waals surface area contributed by atoms with Gasteiger partial charge in [0.05, 0.1) is 16.3 Å². The van der Waals surface area contributed by atoms with Gasteiger partial charge >= 0.3 is 0 Å². The number of carbonyl (C=O) groups is 1. The second-order valence-corrected chi connectivity index (χ2v) is 7.04. The highest BCUT2D eigenvalue weighted by molar-refractivity contribution is 7.07. The third-order valence-electron chi connectivity index (χ3n) is 4.01. The minimum Gasteiger partial charge on any atom is -0.366 e. The van der Waals surface area contributed by atoms with Crippen LogP contribution in [0.25, 0.3) is 0 Å². The average molecular weight is 380 g/mol. The Labute approximate surface area is 158 Å². The van der Waals surface area contributed by atoms with E-state index < -0.39 is 5.91 Å². The van der Waals surface area contributed by atoms with E-state index in [2.05, 4.69) is 27.3 Å². The fourth-order valence-corrected chi connectivity index (χ4v) is 3.41. The third-order valence-corrected chi connectivity index (χ3v) is 4.88. The van der Waals surface area contributed by atoms with Crippen molar-refractivity contribution < 1.29 is 4.79 Å². The van der Waals surface area contributed by atoms with Crippen molar-refractivity contribution in [1.82, 2.24) is 9.97 Å². The minimum atomic E-state index is -0.523. The molecule has 135 valence electrons. The van der Waals surface area contributed by atoms with Crippen molar-refractivity contribution in [2.45, 2.75) is 45.4 Å². The zero-order chi connectivity index (χ0) is 18.1. The quantitative estimate of drug-likeness (QED) is 0.596. The first-order chi connectivity index (χ1) is 12.1. The molecule has 7 heteroatoms. The second kappa shape index (κ2) is 10.4. The van der Waals surface area contributed by atoms with E-state index in [1.54, 1.807) is 6.07 Å². The number of anilines is 1. The fraction of sp³-hybridized carbons (Fsp3) is 0.500. The van der Waals surface area contributed by atoms with Crippen molar-refractivity contribution >= 4 is 34.7 Å². The number of primary amides is 1. The molecule has 0 atom stereocenters. The van der Waals surface area contributed by atoms with E-state index in [1.807, 2.05) is 5.38 Å². The average Bonchev–Trinajstić information content (AvgIpc) is 3.11. The van der Waals surface area contributed by atoms with Crippen molar-refractivity contribution in [3.8, 4) is 0 Å². The van der Waals surface area contributed by atoms with Crippen molar-refractivity contribution in [3.63, 3.8) is 0 Å². The number of pyridine rings is 1. The Morgan fingerprint density at radius 3 is 2.76 bits per heavy atom. The number of rotatable bonds is 11. The summed E-state index contributed by atoms with van der Waals surface area (Å²) in [7, 11) is 0. The highest BCUT2D eigenvalue weighted by Gasteiger charge is 2.14. The molecular weight excluding hydrogens is 356 g/mol. The molecule has 0 unspecified atom stereocenters. The topological polar surface area (TPSA) is 72.1 Å². The molecule has 0 aliphatic rings. The number of aromatic nitrogens is 2. The molecule has 1 amide bonds. The van der Waals surface area contributed by atoms with Gasteiger partial charge in [0.15, 0.2) is 5.51 Å². The molecule has 0 spiro atoms. The maximum Gasteiger partial charge on any atom is 0.250 e. The van der Waals surface area contributed by atoms with Crippen LogP contribution in [0.4, 0.5) is 5.82 Å². The van der Waals surface area contributed by atoms with Gasteiger partial charge in [-0.3, -0.25) is 4.79 Å². The Kier molecular flexibility index (Phi) is 8.15. The lowest BCUT2D eigenvalue weighted by atomic mass is 10.1. The van der Waals surface area contributed by atoms with Gasteiger partial charge in [0, 0.05) is 31.1 Å². The number of unbranched alkanes of at least 4 members (excludes halogenated alkanes) is 4. The molecule has 0 saturated heterocycles. The second-order valence-electron chi connectivity index (χ2n) is 5.98. The van der Waals surface area contributed by atoms with E-state index >= 15 is 0 Å². The molecular formula is C18H24ClN4OS. The number of halogens is 1. The summed E-state index contributed by atoms with van der Waals surface area (Å²) in [5.41, 5.74) is 9.51. The molecule has 0 saturated carbocycles. The SMILES string of the molecule is CCCCCCCN(CCc1cs[c]n1)c1ncc(C(N)=O)cc1Cl. The van der Waals surface area contributed by atoms with E-state index in [9.17, 15) is 4.79 Å². The van der Waals surface area contributed by atoms with Crippen LogP contribution >= 0.6 is 22.9 Å². The van der Waals surface area contributed by atoms with Gasteiger partial charge in [-0.2, -0.15) is 0 Å². The smallest absolute Gasteiger partial charge is 0.250 e. The zero-order valence-corrected chi connectivity index (χ0v) is 16.1. The number of nitrogens with two attached hydrogens (primary N) is 1. The van der Waals surface area contributed by atoms with Gasteiger partial charge in [-0.15, -0.1) is 11.3 Å². The van der Waals surface area contributed by atoms with Crippen LogP contribution in [0.2, 0.25) is 5.02 Å². The van der Waals surface area contributed by atoms with Crippen molar-refractivity contribution in [2.24, 2.45) is 5.73 Å². The van der Waals surface area contributed by atoms with Gasteiger partial charge < -0.3 is 10.6 Å². The van der Waals surface area contributed by atoms with Gasteiger partial charge in [0.25, 0.3) is 0 Å². The molecule has 2 N–H and O–H groups in total. The highest BCUT2D eigenvalue weighted by Crippen LogP contribution is 2.25. The molecule has 2 aromatic rings. The number of amides is 1. The first-order valence-corrected chi connectivity index (χ1v) is 9.88. The van der Waals surface area contributed by atoms with Crippen LogP contribution in [-0.4, -0.2) is 29.0 Å². The fourth-order valence-electron chi connectivity index (χ4n) is 2.60. The molecule has 0 fully saturated rings. The normalized spacial score (nSPS) is 10.8. The van der Waals surface area contributed by atoms with Crippen LogP contribution in [0.3, 0.4) is 0 Å². The lowest BCUT2D eigenvalue weighted by Crippen LogP contribution is -2.28. The zero-order valence-electron chi connectivity index (χ0n) is 14.5. The maximum absolute atomic E-state index is 11.3. The molecule has 0 aliphatic carbocycles. The molecule has 2 aromatic heterocycles. The van der Waals surface area contributed by atoms with Crippen LogP contribution in [0.15, 0.2) is 17.6 Å². The standard InChI is InChI=1S/C18H24ClN4OS/c1-2-3-4-5-6-8-23(9-7-15-12-25-13-22-15)18-16(19)10-14(11-21-18)17(20)24/h10-12H,2-9H2,1H3,(H2,20,24). The summed E-state index contributed by atoms with van der Waals surface area (Å²) in [6.07, 6.45) is 8.31. The Morgan fingerprint density at radius 2 is 2.12 bits per heavy atom. The monoisotopic (exact) mass is 379 g/mol. The predicted molar refractivity (Wildman–Crippen MR) is 103 cm³/mol. The lowest BCUT2D eigenvalue weighted by molar-refractivity contribution is 0.1000. The van der Waals surface area contributed by atoms with E-state index in [-0.39, 0.29) is 0 Å². The first kappa shape index (κ1) is 19.7. The summed E-state index contributed by atoms with van der Waals surface area (Å²) >= 11 is 7.83. The summed E-state index contributed by atoms with van der Waals surface area (Å²) in [6.45, 7) is 3.86. The molecule has 0 aliphatic heterocycles. The van der Waals surface area contributed by atoms with Crippen LogP contribution < -0.4 is 10.6 Å². The molecule has 0 bridgehead atoms. The van der Waals surface area contributed by atoms with Gasteiger partial charge in [-0.05, 0) is 12.5 Å². The number of thiazole rings is 1. The van der Waals surface area contributed by atoms with Gasteiger partial charge in [-0.25, -0.2) is 9.97 Å². The Bertz CT molecular complexity index is 663. The molecule has 5 nitrogen and oxygen atoms in total. The van der Waals surface area contributed by atoms with Crippen LogP contribution in [-0.2, 0) is 6.42 Å². The van der Waals surface area contributed by atoms with Crippen molar-refractivity contribution in [3.05, 3.63) is 39.4 Å². The van der Waals surface area contributed by atoms with E-state index in [0.29, 0.717) is 16.4 Å². The first-order valence-electron chi connectivity index (χ1n) is 8.62. The summed E-state index contributed by atoms with van der Waals surface area (Å²) in [5, 5.41) is 2.46. The Morgan fingerprint density at radius 1 is 1.32 bits per heavy atom. The van der Waals surface area contributed by atoms with Crippen LogP contribution in [0, 0.1) is 5.51 Å². The molecule has 0 aromatic carbocycles. The van der Waals surface area contributed by atoms with Gasteiger partial charge in [0.1, 0.15) is 5.82 Å². The van der Waals surface area contributed by atoms with Crippen molar-refractivity contribution in [1.29, 1.82) is 0 Å². The van der Waals surface area contributed by atoms with E-state index in [4.69, 9.17) is 17.3 Å². The van der Waals surface area contributed by atoms with E-state index in [0.717, 1.165) is 31.6 Å². The van der Waals surface area contributed by atoms with Gasteiger partial charge in [-0.1, -0.05) is 44.2 Å². The number of nitrogens with zero attached hydrogens (tertiary/aromatic N) is 3. The lowest BCUT2D eigenvalue weighted by Gasteiger charge is -2.24. The molecule has 25 heavy (non-hydrogen) atoms. The Hall–Kier alpha value is -1.66. The summed E-state index contributed by atoms with van der Waals surface area (Å²) < 4.78 is 0. The highest BCUT2D eigenvalue weighted by atomic mass is 35.5.